The Kier molecular flexibility index (Phi) is 7.98. The molecule has 1 atom stereocenters. The van der Waals surface area contributed by atoms with E-state index in [9.17, 15) is 22.4 Å². The third-order valence-electron chi connectivity index (χ3n) is 4.78. The lowest BCUT2D eigenvalue weighted by atomic mass is 10.1. The van der Waals surface area contributed by atoms with Crippen LogP contribution in [0.1, 0.15) is 12.5 Å². The molecule has 0 aromatic heterocycles. The molecule has 1 unspecified atom stereocenters. The number of hydrogen-bond acceptors (Lipinski definition) is 5. The Bertz CT molecular complexity index is 1270. The van der Waals surface area contributed by atoms with Crippen LogP contribution in [0.15, 0.2) is 77.7 Å². The van der Waals surface area contributed by atoms with E-state index in [4.69, 9.17) is 4.74 Å². The van der Waals surface area contributed by atoms with E-state index in [0.717, 1.165) is 17.7 Å². The summed E-state index contributed by atoms with van der Waals surface area (Å²) in [5.41, 5.74) is 1.67. The molecule has 0 spiro atoms. The smallest absolute Gasteiger partial charge is 0.245 e. The molecule has 10 heteroatoms. The molecule has 3 rings (SSSR count). The first kappa shape index (κ1) is 24.9. The topological polar surface area (TPSA) is 114 Å². The van der Waals surface area contributed by atoms with Crippen molar-refractivity contribution in [3.8, 4) is 5.75 Å². The molecule has 0 aliphatic heterocycles. The monoisotopic (exact) mass is 485 g/mol. The molecular weight excluding hydrogens is 461 g/mol. The summed E-state index contributed by atoms with van der Waals surface area (Å²) in [6.45, 7) is 1.38. The highest BCUT2D eigenvalue weighted by Gasteiger charge is 2.28. The molecule has 0 saturated heterocycles. The first-order valence-corrected chi connectivity index (χ1v) is 11.7. The van der Waals surface area contributed by atoms with Crippen LogP contribution in [0.2, 0.25) is 0 Å². The minimum absolute atomic E-state index is 0.0491. The fraction of sp³-hybridized carbons (Fsp3) is 0.167. The fourth-order valence-electron chi connectivity index (χ4n) is 3.22. The molecule has 0 heterocycles. The van der Waals surface area contributed by atoms with Gasteiger partial charge >= 0.3 is 0 Å². The average Bonchev–Trinajstić information content (AvgIpc) is 2.80. The summed E-state index contributed by atoms with van der Waals surface area (Å²) >= 11 is 0. The van der Waals surface area contributed by atoms with Gasteiger partial charge in [-0.25, -0.2) is 12.8 Å². The second kappa shape index (κ2) is 10.9. The number of carbonyl (C=O) groups excluding carboxylic acids is 2. The van der Waals surface area contributed by atoms with Gasteiger partial charge in [0.2, 0.25) is 21.8 Å². The van der Waals surface area contributed by atoms with Crippen molar-refractivity contribution in [3.05, 3.63) is 84.2 Å². The first-order valence-electron chi connectivity index (χ1n) is 10.3. The molecule has 0 aliphatic carbocycles. The highest BCUT2D eigenvalue weighted by Crippen LogP contribution is 2.25. The molecule has 8 nitrogen and oxygen atoms in total. The predicted octanol–water partition coefficient (Wildman–Crippen LogP) is 3.32. The molecule has 0 fully saturated rings. The van der Waals surface area contributed by atoms with Gasteiger partial charge in [0, 0.05) is 18.3 Å². The normalized spacial score (nSPS) is 12.0. The summed E-state index contributed by atoms with van der Waals surface area (Å²) < 4.78 is 47.4. The van der Waals surface area contributed by atoms with Crippen molar-refractivity contribution in [1.82, 2.24) is 4.72 Å². The number of methoxy groups -OCH3 is 1. The molecule has 0 saturated carbocycles. The summed E-state index contributed by atoms with van der Waals surface area (Å²) in [5, 5.41) is 5.29. The third-order valence-corrected chi connectivity index (χ3v) is 6.28. The van der Waals surface area contributed by atoms with Gasteiger partial charge in [0.1, 0.15) is 22.5 Å². The van der Waals surface area contributed by atoms with Crippen molar-refractivity contribution in [2.24, 2.45) is 0 Å². The van der Waals surface area contributed by atoms with Crippen molar-refractivity contribution in [3.63, 3.8) is 0 Å². The van der Waals surface area contributed by atoms with E-state index >= 15 is 0 Å². The molecule has 2 amide bonds. The highest BCUT2D eigenvalue weighted by molar-refractivity contribution is 7.89. The molecule has 178 valence electrons. The lowest BCUT2D eigenvalue weighted by Gasteiger charge is -2.20. The van der Waals surface area contributed by atoms with Crippen LogP contribution in [0.25, 0.3) is 0 Å². The minimum Gasteiger partial charge on any atom is -0.495 e. The Morgan fingerprint density at radius 2 is 1.56 bits per heavy atom. The number of hydrogen-bond donors (Lipinski definition) is 3. The predicted molar refractivity (Wildman–Crippen MR) is 127 cm³/mol. The summed E-state index contributed by atoms with van der Waals surface area (Å²) in [6.07, 6.45) is 0.0491. The Balaban J connectivity index is 1.87. The lowest BCUT2D eigenvalue weighted by Crippen LogP contribution is -2.45. The van der Waals surface area contributed by atoms with Crippen molar-refractivity contribution < 1.29 is 27.1 Å². The maximum absolute atomic E-state index is 13.8. The number of halogens is 1. The number of sulfonamides is 1. The fourth-order valence-corrected chi connectivity index (χ4v) is 4.59. The van der Waals surface area contributed by atoms with Gasteiger partial charge in [0.05, 0.1) is 7.11 Å². The number of rotatable bonds is 9. The van der Waals surface area contributed by atoms with Crippen LogP contribution in [0.3, 0.4) is 0 Å². The Hall–Kier alpha value is -3.76. The second-order valence-corrected chi connectivity index (χ2v) is 9.09. The van der Waals surface area contributed by atoms with E-state index < -0.39 is 32.7 Å². The van der Waals surface area contributed by atoms with Crippen molar-refractivity contribution in [2.45, 2.75) is 24.3 Å². The van der Waals surface area contributed by atoms with E-state index in [0.29, 0.717) is 11.4 Å². The zero-order chi connectivity index (χ0) is 24.7. The zero-order valence-corrected chi connectivity index (χ0v) is 19.4. The summed E-state index contributed by atoms with van der Waals surface area (Å²) in [6, 6.07) is 17.1. The van der Waals surface area contributed by atoms with Gasteiger partial charge < -0.3 is 15.4 Å². The Labute approximate surface area is 197 Å². The van der Waals surface area contributed by atoms with Crippen LogP contribution in [0.5, 0.6) is 5.75 Å². The summed E-state index contributed by atoms with van der Waals surface area (Å²) in [7, 11) is -3.06. The molecule has 34 heavy (non-hydrogen) atoms. The quantitative estimate of drug-likeness (QED) is 0.430. The minimum atomic E-state index is -4.33. The summed E-state index contributed by atoms with van der Waals surface area (Å²) in [5.74, 6) is -1.66. The van der Waals surface area contributed by atoms with Crippen molar-refractivity contribution in [2.75, 3.05) is 17.7 Å². The molecule has 3 N–H and O–H groups in total. The van der Waals surface area contributed by atoms with E-state index in [1.165, 1.54) is 20.1 Å². The SMILES string of the molecule is COc1ccc(F)cc1S(=O)(=O)NC(Cc1ccccc1)C(=O)Nc1ccc(NC(C)=O)cc1. The van der Waals surface area contributed by atoms with Gasteiger partial charge in [0.15, 0.2) is 0 Å². The number of carbonyl (C=O) groups is 2. The number of amides is 2. The number of anilines is 2. The first-order chi connectivity index (χ1) is 16.2. The van der Waals surface area contributed by atoms with E-state index in [-0.39, 0.29) is 18.1 Å². The van der Waals surface area contributed by atoms with Gasteiger partial charge in [-0.05, 0) is 54.4 Å². The standard InChI is InChI=1S/C24H24FN3O5S/c1-16(29)26-19-9-11-20(12-10-19)27-24(30)21(14-17-6-4-3-5-7-17)28-34(31,32)23-15-18(25)8-13-22(23)33-2/h3-13,15,21,28H,14H2,1-2H3,(H,26,29)(H,27,30). The van der Waals surface area contributed by atoms with Crippen LogP contribution >= 0.6 is 0 Å². The van der Waals surface area contributed by atoms with Crippen molar-refractivity contribution >= 4 is 33.2 Å². The van der Waals surface area contributed by atoms with Gasteiger partial charge in [0.25, 0.3) is 0 Å². The second-order valence-electron chi connectivity index (χ2n) is 7.41. The van der Waals surface area contributed by atoms with Crippen LogP contribution < -0.4 is 20.1 Å². The maximum Gasteiger partial charge on any atom is 0.245 e. The maximum atomic E-state index is 13.8. The number of benzene rings is 3. The van der Waals surface area contributed by atoms with Gasteiger partial charge in [-0.1, -0.05) is 30.3 Å². The highest BCUT2D eigenvalue weighted by atomic mass is 32.2. The third kappa shape index (κ3) is 6.63. The largest absolute Gasteiger partial charge is 0.495 e. The van der Waals surface area contributed by atoms with Gasteiger partial charge in [-0.2, -0.15) is 4.72 Å². The van der Waals surface area contributed by atoms with Gasteiger partial charge in [-0.3, -0.25) is 9.59 Å². The summed E-state index contributed by atoms with van der Waals surface area (Å²) in [4.78, 5) is 23.9. The van der Waals surface area contributed by atoms with Crippen molar-refractivity contribution in [1.29, 1.82) is 0 Å². The van der Waals surface area contributed by atoms with E-state index in [2.05, 4.69) is 15.4 Å². The Morgan fingerprint density at radius 1 is 0.941 bits per heavy atom. The Morgan fingerprint density at radius 3 is 2.15 bits per heavy atom. The number of nitrogens with one attached hydrogen (secondary N) is 3. The van der Waals surface area contributed by atoms with E-state index in [1.807, 2.05) is 0 Å². The zero-order valence-electron chi connectivity index (χ0n) is 18.5. The van der Waals surface area contributed by atoms with Crippen LogP contribution in [0.4, 0.5) is 15.8 Å². The average molecular weight is 486 g/mol. The molecule has 0 radical (unpaired) electrons. The van der Waals surface area contributed by atoms with Crippen LogP contribution in [0, 0.1) is 5.82 Å². The van der Waals surface area contributed by atoms with Crippen LogP contribution in [-0.2, 0) is 26.0 Å². The van der Waals surface area contributed by atoms with Crippen LogP contribution in [-0.4, -0.2) is 33.4 Å². The molecule has 0 bridgehead atoms. The molecule has 3 aromatic rings. The number of ether oxygens (including phenoxy) is 1. The van der Waals surface area contributed by atoms with Gasteiger partial charge in [-0.15, -0.1) is 0 Å². The van der Waals surface area contributed by atoms with E-state index in [1.54, 1.807) is 54.6 Å². The molecule has 3 aromatic carbocycles. The molecule has 0 aliphatic rings. The molecular formula is C24H24FN3O5S. The lowest BCUT2D eigenvalue weighted by molar-refractivity contribution is -0.117.